The van der Waals surface area contributed by atoms with E-state index in [0.717, 1.165) is 41.0 Å². The minimum Gasteiger partial charge on any atom is -0.339 e. The van der Waals surface area contributed by atoms with Gasteiger partial charge in [0.05, 0.1) is 18.2 Å². The Morgan fingerprint density at radius 2 is 2.04 bits per heavy atom. The lowest BCUT2D eigenvalue weighted by Gasteiger charge is -2.17. The van der Waals surface area contributed by atoms with Crippen LogP contribution >= 0.6 is 11.6 Å². The zero-order valence-corrected chi connectivity index (χ0v) is 13.9. The zero-order valence-electron chi connectivity index (χ0n) is 13.2. The van der Waals surface area contributed by atoms with Crippen molar-refractivity contribution in [3.63, 3.8) is 0 Å². The quantitative estimate of drug-likeness (QED) is 0.682. The third-order valence-corrected chi connectivity index (χ3v) is 5.24. The topological polar surface area (TPSA) is 70.6 Å². The van der Waals surface area contributed by atoms with Crippen LogP contribution in [0.4, 0.5) is 0 Å². The molecule has 3 aromatic rings. The number of nitrogens with zero attached hydrogens (tertiary/aromatic N) is 3. The van der Waals surface area contributed by atoms with Crippen molar-refractivity contribution >= 4 is 22.8 Å². The Labute approximate surface area is 144 Å². The number of aromatic amines is 1. The molecule has 1 saturated carbocycles. The first-order valence-corrected chi connectivity index (χ1v) is 8.81. The van der Waals surface area contributed by atoms with Crippen molar-refractivity contribution in [2.45, 2.75) is 31.3 Å². The summed E-state index contributed by atoms with van der Waals surface area (Å²) in [7, 11) is 0. The molecular formula is C17H19ClN6. The zero-order chi connectivity index (χ0) is 16.1. The van der Waals surface area contributed by atoms with Crippen molar-refractivity contribution in [1.29, 1.82) is 0 Å². The number of nitrogens with one attached hydrogen (secondary N) is 3. The minimum atomic E-state index is 0.169. The summed E-state index contributed by atoms with van der Waals surface area (Å²) >= 11 is 6.01. The normalized spacial score (nSPS) is 24.0. The minimum absolute atomic E-state index is 0.169. The Morgan fingerprint density at radius 1 is 1.21 bits per heavy atom. The first kappa shape index (κ1) is 14.5. The van der Waals surface area contributed by atoms with Crippen LogP contribution in [-0.4, -0.2) is 26.3 Å². The second-order valence-corrected chi connectivity index (χ2v) is 7.23. The van der Waals surface area contributed by atoms with Crippen LogP contribution in [0.15, 0.2) is 30.5 Å². The molecule has 2 fully saturated rings. The summed E-state index contributed by atoms with van der Waals surface area (Å²) in [6.45, 7) is 1.81. The van der Waals surface area contributed by atoms with Crippen LogP contribution in [0.2, 0.25) is 5.02 Å². The van der Waals surface area contributed by atoms with E-state index in [1.807, 2.05) is 23.0 Å². The highest BCUT2D eigenvalue weighted by molar-refractivity contribution is 6.30. The monoisotopic (exact) mass is 342 g/mol. The van der Waals surface area contributed by atoms with Gasteiger partial charge in [0.25, 0.3) is 0 Å². The summed E-state index contributed by atoms with van der Waals surface area (Å²) in [5.41, 5.74) is 9.82. The fourth-order valence-electron chi connectivity index (χ4n) is 3.46. The number of benzene rings is 1. The van der Waals surface area contributed by atoms with Gasteiger partial charge in [-0.25, -0.2) is 15.1 Å². The number of hydrogen-bond acceptors (Lipinski definition) is 4. The molecule has 0 spiro atoms. The average Bonchev–Trinajstić information content (AvgIpc) is 2.98. The number of fused-ring (bicyclic) bond motifs is 1. The van der Waals surface area contributed by atoms with Crippen LogP contribution in [0, 0.1) is 5.92 Å². The van der Waals surface area contributed by atoms with Crippen molar-refractivity contribution < 1.29 is 0 Å². The smallest absolute Gasteiger partial charge is 0.176 e. The number of aromatic nitrogens is 4. The molecule has 6 nitrogen and oxygen atoms in total. The van der Waals surface area contributed by atoms with Gasteiger partial charge in [0, 0.05) is 18.1 Å². The van der Waals surface area contributed by atoms with Gasteiger partial charge in [0.1, 0.15) is 11.3 Å². The van der Waals surface area contributed by atoms with E-state index >= 15 is 0 Å². The number of hydrogen-bond donors (Lipinski definition) is 3. The van der Waals surface area contributed by atoms with E-state index in [9.17, 15) is 0 Å². The molecule has 1 saturated heterocycles. The second kappa shape index (κ2) is 5.58. The van der Waals surface area contributed by atoms with Crippen LogP contribution in [-0.2, 0) is 6.54 Å². The van der Waals surface area contributed by atoms with Crippen molar-refractivity contribution in [3.8, 4) is 0 Å². The molecule has 0 bridgehead atoms. The highest BCUT2D eigenvalue weighted by Crippen LogP contribution is 2.34. The van der Waals surface area contributed by atoms with Crippen LogP contribution in [0.1, 0.15) is 36.2 Å². The molecule has 0 radical (unpaired) electrons. The third-order valence-electron chi connectivity index (χ3n) is 4.99. The fraction of sp³-hybridized carbons (Fsp3) is 0.412. The van der Waals surface area contributed by atoms with Crippen LogP contribution < -0.4 is 10.9 Å². The first-order chi connectivity index (χ1) is 11.8. The fourth-order valence-corrected chi connectivity index (χ4v) is 3.58. The van der Waals surface area contributed by atoms with Gasteiger partial charge >= 0.3 is 0 Å². The maximum Gasteiger partial charge on any atom is 0.176 e. The Bertz CT molecular complexity index is 863. The van der Waals surface area contributed by atoms with Gasteiger partial charge in [-0.05, 0) is 36.5 Å². The molecule has 2 atom stereocenters. The van der Waals surface area contributed by atoms with E-state index in [1.54, 1.807) is 0 Å². The van der Waals surface area contributed by atoms with Gasteiger partial charge < -0.3 is 4.98 Å². The standard InChI is InChI=1S/C17H19ClN6/c18-12-5-3-11(4-6-12)15-13(7-19-23-15)16-21-14-8-20-24(17(14)22-16)9-10-1-2-10/h3-6,8,10,13,15,19,23H,1-2,7,9H2,(H,21,22). The van der Waals surface area contributed by atoms with E-state index in [2.05, 4.69) is 33.1 Å². The Hall–Kier alpha value is -1.89. The summed E-state index contributed by atoms with van der Waals surface area (Å²) in [6.07, 6.45) is 4.52. The second-order valence-electron chi connectivity index (χ2n) is 6.79. The molecule has 2 aromatic heterocycles. The van der Waals surface area contributed by atoms with Crippen LogP contribution in [0.3, 0.4) is 0 Å². The number of imidazole rings is 1. The number of rotatable bonds is 4. The predicted octanol–water partition coefficient (Wildman–Crippen LogP) is 2.76. The summed E-state index contributed by atoms with van der Waals surface area (Å²) in [6, 6.07) is 8.16. The molecule has 7 heteroatoms. The van der Waals surface area contributed by atoms with E-state index in [1.165, 1.54) is 18.4 Å². The molecule has 3 N–H and O–H groups in total. The largest absolute Gasteiger partial charge is 0.339 e. The Balaban J connectivity index is 1.46. The molecule has 2 unspecified atom stereocenters. The summed E-state index contributed by atoms with van der Waals surface area (Å²) in [5, 5.41) is 5.22. The molecule has 24 heavy (non-hydrogen) atoms. The molecule has 1 aromatic carbocycles. The number of hydrazine groups is 1. The molecule has 2 aliphatic rings. The SMILES string of the molecule is Clc1ccc(C2NNCC2c2nc3c(cnn3CC3CC3)[nH]2)cc1. The van der Waals surface area contributed by atoms with Gasteiger partial charge in [-0.2, -0.15) is 5.10 Å². The summed E-state index contributed by atoms with van der Waals surface area (Å²) in [4.78, 5) is 8.33. The highest BCUT2D eigenvalue weighted by Gasteiger charge is 2.32. The maximum absolute atomic E-state index is 6.01. The van der Waals surface area contributed by atoms with Gasteiger partial charge in [0.2, 0.25) is 0 Å². The lowest BCUT2D eigenvalue weighted by molar-refractivity contribution is 0.542. The van der Waals surface area contributed by atoms with Gasteiger partial charge in [-0.3, -0.25) is 5.43 Å². The van der Waals surface area contributed by atoms with Crippen LogP contribution in [0.25, 0.3) is 11.2 Å². The Morgan fingerprint density at radius 3 is 2.83 bits per heavy atom. The molecule has 124 valence electrons. The lowest BCUT2D eigenvalue weighted by Crippen LogP contribution is -2.24. The van der Waals surface area contributed by atoms with Crippen molar-refractivity contribution in [1.82, 2.24) is 30.6 Å². The third kappa shape index (κ3) is 2.51. The first-order valence-electron chi connectivity index (χ1n) is 8.43. The van der Waals surface area contributed by atoms with E-state index in [4.69, 9.17) is 16.6 Å². The van der Waals surface area contributed by atoms with E-state index < -0.39 is 0 Å². The Kier molecular flexibility index (Phi) is 3.36. The molecular weight excluding hydrogens is 324 g/mol. The van der Waals surface area contributed by atoms with Gasteiger partial charge in [0.15, 0.2) is 5.65 Å². The molecule has 1 aliphatic carbocycles. The molecule has 3 heterocycles. The lowest BCUT2D eigenvalue weighted by atomic mass is 9.94. The highest BCUT2D eigenvalue weighted by atomic mass is 35.5. The van der Waals surface area contributed by atoms with Crippen molar-refractivity contribution in [2.75, 3.05) is 6.54 Å². The summed E-state index contributed by atoms with van der Waals surface area (Å²) < 4.78 is 2.04. The van der Waals surface area contributed by atoms with Crippen molar-refractivity contribution in [3.05, 3.63) is 46.9 Å². The van der Waals surface area contributed by atoms with E-state index in [-0.39, 0.29) is 12.0 Å². The maximum atomic E-state index is 6.01. The predicted molar refractivity (Wildman–Crippen MR) is 92.7 cm³/mol. The molecule has 0 amide bonds. The molecule has 5 rings (SSSR count). The van der Waals surface area contributed by atoms with Crippen LogP contribution in [0.5, 0.6) is 0 Å². The van der Waals surface area contributed by atoms with Crippen molar-refractivity contribution in [2.24, 2.45) is 5.92 Å². The summed E-state index contributed by atoms with van der Waals surface area (Å²) in [5.74, 6) is 2.03. The van der Waals surface area contributed by atoms with E-state index in [0.29, 0.717) is 0 Å². The van der Waals surface area contributed by atoms with Gasteiger partial charge in [-0.1, -0.05) is 23.7 Å². The molecule has 1 aliphatic heterocycles. The number of halogens is 1. The number of H-pyrrole nitrogens is 1. The van der Waals surface area contributed by atoms with Gasteiger partial charge in [-0.15, -0.1) is 0 Å². The average molecular weight is 343 g/mol.